The zero-order chi connectivity index (χ0) is 11.4. The topological polar surface area (TPSA) is 55.5 Å². The number of nitrogens with two attached hydrogens (primary N) is 1. The van der Waals surface area contributed by atoms with E-state index in [1.807, 2.05) is 24.3 Å². The van der Waals surface area contributed by atoms with Gasteiger partial charge in [-0.05, 0) is 43.4 Å². The maximum absolute atomic E-state index is 9.00. The van der Waals surface area contributed by atoms with Crippen LogP contribution in [0.5, 0.6) is 5.75 Å². The fourth-order valence-electron chi connectivity index (χ4n) is 2.12. The molecule has 0 bridgehead atoms. The molecule has 0 aliphatic heterocycles. The summed E-state index contributed by atoms with van der Waals surface area (Å²) < 4.78 is 5.87. The first kappa shape index (κ1) is 11.4. The minimum Gasteiger partial charge on any atom is -0.490 e. The van der Waals surface area contributed by atoms with E-state index in [2.05, 4.69) is 0 Å². The number of hydrogen-bond donors (Lipinski definition) is 2. The summed E-state index contributed by atoms with van der Waals surface area (Å²) in [6, 6.07) is 7.41. The Bertz CT molecular complexity index is 334. The smallest absolute Gasteiger partial charge is 0.120 e. The van der Waals surface area contributed by atoms with Gasteiger partial charge in [-0.2, -0.15) is 0 Å². The van der Waals surface area contributed by atoms with Crippen molar-refractivity contribution in [2.75, 3.05) is 6.61 Å². The van der Waals surface area contributed by atoms with Gasteiger partial charge < -0.3 is 15.6 Å². The van der Waals surface area contributed by atoms with Gasteiger partial charge in [0, 0.05) is 0 Å². The van der Waals surface area contributed by atoms with Gasteiger partial charge in [-0.15, -0.1) is 0 Å². The van der Waals surface area contributed by atoms with E-state index in [4.69, 9.17) is 15.6 Å². The quantitative estimate of drug-likeness (QED) is 0.817. The highest BCUT2D eigenvalue weighted by Crippen LogP contribution is 2.25. The number of ether oxygens (including phenoxy) is 1. The fourth-order valence-corrected chi connectivity index (χ4v) is 2.12. The van der Waals surface area contributed by atoms with Gasteiger partial charge in [0.2, 0.25) is 0 Å². The lowest BCUT2D eigenvalue weighted by atomic mass is 10.1. The second-order valence-electron chi connectivity index (χ2n) is 4.39. The number of rotatable bonds is 4. The van der Waals surface area contributed by atoms with E-state index in [1.165, 1.54) is 12.8 Å². The van der Waals surface area contributed by atoms with Crippen LogP contribution in [0, 0.1) is 0 Å². The Morgan fingerprint density at radius 3 is 2.81 bits per heavy atom. The Balaban J connectivity index is 2.03. The van der Waals surface area contributed by atoms with Gasteiger partial charge in [-0.1, -0.05) is 12.1 Å². The van der Waals surface area contributed by atoms with E-state index >= 15 is 0 Å². The summed E-state index contributed by atoms with van der Waals surface area (Å²) in [7, 11) is 0. The number of aliphatic hydroxyl groups is 1. The number of benzene rings is 1. The zero-order valence-electron chi connectivity index (χ0n) is 9.43. The van der Waals surface area contributed by atoms with Crippen molar-refractivity contribution in [1.82, 2.24) is 0 Å². The van der Waals surface area contributed by atoms with E-state index in [0.717, 1.165) is 24.2 Å². The molecule has 16 heavy (non-hydrogen) atoms. The highest BCUT2D eigenvalue weighted by atomic mass is 16.5. The molecule has 1 saturated carbocycles. The number of hydrogen-bond acceptors (Lipinski definition) is 3. The molecule has 2 rings (SSSR count). The molecule has 0 unspecified atom stereocenters. The molecular formula is C13H19NO2. The van der Waals surface area contributed by atoms with Crippen molar-refractivity contribution < 1.29 is 9.84 Å². The predicted molar refractivity (Wildman–Crippen MR) is 63.3 cm³/mol. The Labute approximate surface area is 96.2 Å². The standard InChI is InChI=1S/C13H19NO2/c14-13(9-15)10-4-3-7-12(8-10)16-11-5-1-2-6-11/h3-4,7-8,11,13,15H,1-2,5-6,9,14H2/t13-/m0/s1. The second kappa shape index (κ2) is 5.32. The van der Waals surface area contributed by atoms with Gasteiger partial charge in [0.05, 0.1) is 18.8 Å². The summed E-state index contributed by atoms with van der Waals surface area (Å²) >= 11 is 0. The van der Waals surface area contributed by atoms with Crippen LogP contribution < -0.4 is 10.5 Å². The SMILES string of the molecule is N[C@@H](CO)c1cccc(OC2CCCC2)c1. The molecule has 0 spiro atoms. The van der Waals surface area contributed by atoms with E-state index in [9.17, 15) is 0 Å². The molecule has 3 nitrogen and oxygen atoms in total. The van der Waals surface area contributed by atoms with Gasteiger partial charge in [-0.25, -0.2) is 0 Å². The van der Waals surface area contributed by atoms with Crippen molar-refractivity contribution >= 4 is 0 Å². The molecule has 0 heterocycles. The third-order valence-electron chi connectivity index (χ3n) is 3.09. The molecule has 0 aromatic heterocycles. The van der Waals surface area contributed by atoms with E-state index < -0.39 is 0 Å². The third kappa shape index (κ3) is 2.74. The maximum atomic E-state index is 9.00. The molecule has 88 valence electrons. The Morgan fingerprint density at radius 2 is 2.12 bits per heavy atom. The van der Waals surface area contributed by atoms with Crippen LogP contribution in [0.4, 0.5) is 0 Å². The molecule has 1 aliphatic rings. The van der Waals surface area contributed by atoms with Crippen molar-refractivity contribution in [2.45, 2.75) is 37.8 Å². The van der Waals surface area contributed by atoms with Crippen LogP contribution in [0.15, 0.2) is 24.3 Å². The lowest BCUT2D eigenvalue weighted by Crippen LogP contribution is -2.15. The fraction of sp³-hybridized carbons (Fsp3) is 0.538. The molecule has 1 fully saturated rings. The van der Waals surface area contributed by atoms with Gasteiger partial charge in [0.25, 0.3) is 0 Å². The predicted octanol–water partition coefficient (Wildman–Crippen LogP) is 2.00. The summed E-state index contributed by atoms with van der Waals surface area (Å²) in [5.41, 5.74) is 6.69. The van der Waals surface area contributed by atoms with E-state index in [0.29, 0.717) is 6.10 Å². The van der Waals surface area contributed by atoms with E-state index in [-0.39, 0.29) is 12.6 Å². The largest absolute Gasteiger partial charge is 0.490 e. The molecular weight excluding hydrogens is 202 g/mol. The van der Waals surface area contributed by atoms with Crippen molar-refractivity contribution in [3.8, 4) is 5.75 Å². The summed E-state index contributed by atoms with van der Waals surface area (Å²) in [6.45, 7) is -0.0348. The van der Waals surface area contributed by atoms with Crippen molar-refractivity contribution in [3.63, 3.8) is 0 Å². The summed E-state index contributed by atoms with van der Waals surface area (Å²) in [6.07, 6.45) is 5.19. The first-order valence-corrected chi connectivity index (χ1v) is 5.92. The molecule has 3 heteroatoms. The maximum Gasteiger partial charge on any atom is 0.120 e. The molecule has 0 radical (unpaired) electrons. The Kier molecular flexibility index (Phi) is 3.80. The first-order valence-electron chi connectivity index (χ1n) is 5.92. The lowest BCUT2D eigenvalue weighted by Gasteiger charge is -2.15. The lowest BCUT2D eigenvalue weighted by molar-refractivity contribution is 0.209. The third-order valence-corrected chi connectivity index (χ3v) is 3.09. The summed E-state index contributed by atoms with van der Waals surface area (Å²) in [4.78, 5) is 0. The Hall–Kier alpha value is -1.06. The van der Waals surface area contributed by atoms with Gasteiger partial charge >= 0.3 is 0 Å². The van der Waals surface area contributed by atoms with Crippen molar-refractivity contribution in [2.24, 2.45) is 5.73 Å². The minimum absolute atomic E-state index is 0.0348. The van der Waals surface area contributed by atoms with Gasteiger partial charge in [-0.3, -0.25) is 0 Å². The summed E-state index contributed by atoms with van der Waals surface area (Å²) in [5.74, 6) is 0.869. The zero-order valence-corrected chi connectivity index (χ0v) is 9.43. The van der Waals surface area contributed by atoms with Crippen LogP contribution in [0.25, 0.3) is 0 Å². The molecule has 1 aliphatic carbocycles. The molecule has 3 N–H and O–H groups in total. The van der Waals surface area contributed by atoms with Crippen LogP contribution >= 0.6 is 0 Å². The number of aliphatic hydroxyl groups excluding tert-OH is 1. The highest BCUT2D eigenvalue weighted by molar-refractivity contribution is 5.30. The van der Waals surface area contributed by atoms with Crippen LogP contribution in [0.3, 0.4) is 0 Å². The normalized spacial score (nSPS) is 18.6. The van der Waals surface area contributed by atoms with Crippen LogP contribution in [0.1, 0.15) is 37.3 Å². The monoisotopic (exact) mass is 221 g/mol. The average Bonchev–Trinajstić information content (AvgIpc) is 2.81. The first-order chi connectivity index (χ1) is 7.79. The molecule has 1 aromatic rings. The summed E-state index contributed by atoms with van der Waals surface area (Å²) in [5, 5.41) is 9.00. The average molecular weight is 221 g/mol. The van der Waals surface area contributed by atoms with Crippen molar-refractivity contribution in [3.05, 3.63) is 29.8 Å². The highest BCUT2D eigenvalue weighted by Gasteiger charge is 2.16. The van der Waals surface area contributed by atoms with Crippen LogP contribution in [-0.4, -0.2) is 17.8 Å². The molecule has 1 aromatic carbocycles. The minimum atomic E-state index is -0.313. The molecule has 1 atom stereocenters. The van der Waals surface area contributed by atoms with Gasteiger partial charge in [0.15, 0.2) is 0 Å². The van der Waals surface area contributed by atoms with E-state index in [1.54, 1.807) is 0 Å². The van der Waals surface area contributed by atoms with Crippen LogP contribution in [0.2, 0.25) is 0 Å². The van der Waals surface area contributed by atoms with Crippen molar-refractivity contribution in [1.29, 1.82) is 0 Å². The molecule has 0 amide bonds. The molecule has 0 saturated heterocycles. The Morgan fingerprint density at radius 1 is 1.38 bits per heavy atom. The van der Waals surface area contributed by atoms with Gasteiger partial charge in [0.1, 0.15) is 5.75 Å². The second-order valence-corrected chi connectivity index (χ2v) is 4.39. The van der Waals surface area contributed by atoms with Crippen LogP contribution in [-0.2, 0) is 0 Å².